The van der Waals surface area contributed by atoms with E-state index < -0.39 is 0 Å². The fraction of sp³-hybridized carbons (Fsp3) is 0.500. The smallest absolute Gasteiger partial charge is 0.242 e. The van der Waals surface area contributed by atoms with E-state index in [1.54, 1.807) is 18.1 Å². The summed E-state index contributed by atoms with van der Waals surface area (Å²) >= 11 is 5.82. The third-order valence-corrected chi connectivity index (χ3v) is 3.50. The molecular weight excluding hydrogens is 276 g/mol. The summed E-state index contributed by atoms with van der Waals surface area (Å²) in [5.41, 5.74) is 2.61. The maximum absolute atomic E-state index is 12.1. The average Bonchev–Trinajstić information content (AvgIpc) is 2.75. The molecule has 0 N–H and O–H groups in total. The topological polar surface area (TPSA) is 51.0 Å². The van der Waals surface area contributed by atoms with Crippen LogP contribution in [-0.2, 0) is 17.8 Å². The van der Waals surface area contributed by atoms with Crippen molar-refractivity contribution in [2.24, 2.45) is 0 Å². The van der Waals surface area contributed by atoms with E-state index in [4.69, 9.17) is 11.6 Å². The number of hydrogen-bond acceptors (Lipinski definition) is 3. The first-order valence-electron chi connectivity index (χ1n) is 6.68. The molecule has 2 rings (SSSR count). The molecule has 0 aliphatic heterocycles. The molecule has 2 heterocycles. The van der Waals surface area contributed by atoms with Crippen molar-refractivity contribution in [3.63, 3.8) is 0 Å². The van der Waals surface area contributed by atoms with Gasteiger partial charge in [0.05, 0.1) is 0 Å². The number of aromatic nitrogens is 3. The van der Waals surface area contributed by atoms with Gasteiger partial charge >= 0.3 is 0 Å². The van der Waals surface area contributed by atoms with Crippen molar-refractivity contribution in [1.29, 1.82) is 0 Å². The Bertz CT molecular complexity index is 623. The van der Waals surface area contributed by atoms with Crippen LogP contribution in [0.15, 0.2) is 12.3 Å². The van der Waals surface area contributed by atoms with Crippen molar-refractivity contribution in [3.05, 3.63) is 23.7 Å². The standard InChI is InChI=1S/C14H19ClN4O/c1-4-18(3)13(20)9-19-12(5-6-15)17-11-7-10(2)8-16-14(11)19/h7-8H,4-6,9H2,1-3H3. The summed E-state index contributed by atoms with van der Waals surface area (Å²) in [6.45, 7) is 4.86. The zero-order chi connectivity index (χ0) is 14.7. The lowest BCUT2D eigenvalue weighted by atomic mass is 10.3. The molecule has 2 aromatic heterocycles. The molecule has 0 saturated heterocycles. The van der Waals surface area contributed by atoms with Gasteiger partial charge in [0.15, 0.2) is 5.65 Å². The van der Waals surface area contributed by atoms with Gasteiger partial charge in [-0.3, -0.25) is 4.79 Å². The Kier molecular flexibility index (Phi) is 4.60. The van der Waals surface area contributed by atoms with E-state index in [1.807, 2.05) is 24.5 Å². The molecule has 5 nitrogen and oxygen atoms in total. The van der Waals surface area contributed by atoms with Crippen molar-refractivity contribution in [2.45, 2.75) is 26.8 Å². The number of imidazole rings is 1. The second-order valence-electron chi connectivity index (χ2n) is 4.82. The van der Waals surface area contributed by atoms with Gasteiger partial charge in [-0.25, -0.2) is 9.97 Å². The van der Waals surface area contributed by atoms with Gasteiger partial charge in [-0.05, 0) is 25.5 Å². The van der Waals surface area contributed by atoms with Crippen molar-refractivity contribution in [3.8, 4) is 0 Å². The van der Waals surface area contributed by atoms with Crippen LogP contribution >= 0.6 is 11.6 Å². The zero-order valence-electron chi connectivity index (χ0n) is 12.1. The fourth-order valence-electron chi connectivity index (χ4n) is 2.03. The number of pyridine rings is 1. The summed E-state index contributed by atoms with van der Waals surface area (Å²) in [4.78, 5) is 22.8. The minimum Gasteiger partial charge on any atom is -0.344 e. The first kappa shape index (κ1) is 14.8. The number of nitrogens with zero attached hydrogens (tertiary/aromatic N) is 4. The van der Waals surface area contributed by atoms with Gasteiger partial charge in [0.25, 0.3) is 0 Å². The molecule has 108 valence electrons. The normalized spacial score (nSPS) is 11.0. The Balaban J connectivity index is 2.43. The number of fused-ring (bicyclic) bond motifs is 1. The fourth-order valence-corrected chi connectivity index (χ4v) is 2.20. The number of hydrogen-bond donors (Lipinski definition) is 0. The minimum absolute atomic E-state index is 0.0463. The van der Waals surface area contributed by atoms with Crippen molar-refractivity contribution in [1.82, 2.24) is 19.4 Å². The van der Waals surface area contributed by atoms with Crippen molar-refractivity contribution in [2.75, 3.05) is 19.5 Å². The van der Waals surface area contributed by atoms with Crippen LogP contribution in [0.3, 0.4) is 0 Å². The number of amides is 1. The summed E-state index contributed by atoms with van der Waals surface area (Å²) in [7, 11) is 1.79. The Morgan fingerprint density at radius 2 is 2.25 bits per heavy atom. The highest BCUT2D eigenvalue weighted by molar-refractivity contribution is 6.17. The monoisotopic (exact) mass is 294 g/mol. The summed E-state index contributed by atoms with van der Waals surface area (Å²) in [6, 6.07) is 1.98. The van der Waals surface area contributed by atoms with Crippen LogP contribution in [0.1, 0.15) is 18.3 Å². The van der Waals surface area contributed by atoms with Gasteiger partial charge in [-0.15, -0.1) is 11.6 Å². The molecule has 0 aliphatic rings. The van der Waals surface area contributed by atoms with Gasteiger partial charge < -0.3 is 9.47 Å². The molecule has 0 atom stereocenters. The van der Waals surface area contributed by atoms with Crippen LogP contribution in [0.5, 0.6) is 0 Å². The highest BCUT2D eigenvalue weighted by atomic mass is 35.5. The molecule has 0 aromatic carbocycles. The predicted molar refractivity (Wildman–Crippen MR) is 80.0 cm³/mol. The zero-order valence-corrected chi connectivity index (χ0v) is 12.8. The van der Waals surface area contributed by atoms with E-state index in [-0.39, 0.29) is 12.5 Å². The number of halogens is 1. The van der Waals surface area contributed by atoms with E-state index in [2.05, 4.69) is 9.97 Å². The van der Waals surface area contributed by atoms with Gasteiger partial charge in [0.2, 0.25) is 5.91 Å². The number of rotatable bonds is 5. The van der Waals surface area contributed by atoms with Crippen LogP contribution in [0, 0.1) is 6.92 Å². The second-order valence-corrected chi connectivity index (χ2v) is 5.19. The van der Waals surface area contributed by atoms with Crippen LogP contribution in [0.2, 0.25) is 0 Å². The van der Waals surface area contributed by atoms with Crippen LogP contribution < -0.4 is 0 Å². The first-order valence-corrected chi connectivity index (χ1v) is 7.22. The lowest BCUT2D eigenvalue weighted by molar-refractivity contribution is -0.130. The highest BCUT2D eigenvalue weighted by Gasteiger charge is 2.16. The lowest BCUT2D eigenvalue weighted by Gasteiger charge is -2.16. The molecule has 0 fully saturated rings. The SMILES string of the molecule is CCN(C)C(=O)Cn1c(CCCl)nc2cc(C)cnc21. The second kappa shape index (κ2) is 6.22. The summed E-state index contributed by atoms with van der Waals surface area (Å²) < 4.78 is 1.87. The molecule has 20 heavy (non-hydrogen) atoms. The van der Waals surface area contributed by atoms with Crippen LogP contribution in [-0.4, -0.2) is 44.8 Å². The summed E-state index contributed by atoms with van der Waals surface area (Å²) in [5, 5.41) is 0. The van der Waals surface area contributed by atoms with Gasteiger partial charge in [-0.1, -0.05) is 0 Å². The van der Waals surface area contributed by atoms with E-state index >= 15 is 0 Å². The number of carbonyl (C=O) groups is 1. The average molecular weight is 295 g/mol. The summed E-state index contributed by atoms with van der Waals surface area (Å²) in [6.07, 6.45) is 2.42. The first-order chi connectivity index (χ1) is 9.56. The van der Waals surface area contributed by atoms with Gasteiger partial charge in [0, 0.05) is 32.1 Å². The summed E-state index contributed by atoms with van der Waals surface area (Å²) in [5.74, 6) is 1.33. The lowest BCUT2D eigenvalue weighted by Crippen LogP contribution is -2.30. The van der Waals surface area contributed by atoms with Crippen molar-refractivity contribution < 1.29 is 4.79 Å². The molecular formula is C14H19ClN4O. The molecule has 0 spiro atoms. The number of alkyl halides is 1. The largest absolute Gasteiger partial charge is 0.344 e. The molecule has 0 unspecified atom stereocenters. The maximum Gasteiger partial charge on any atom is 0.242 e. The number of likely N-dealkylation sites (N-methyl/N-ethyl adjacent to an activating group) is 1. The van der Waals surface area contributed by atoms with E-state index in [0.717, 1.165) is 22.6 Å². The van der Waals surface area contributed by atoms with E-state index in [9.17, 15) is 4.79 Å². The Labute approximate surface area is 123 Å². The van der Waals surface area contributed by atoms with Gasteiger partial charge in [0.1, 0.15) is 17.9 Å². The van der Waals surface area contributed by atoms with Crippen molar-refractivity contribution >= 4 is 28.7 Å². The van der Waals surface area contributed by atoms with E-state index in [1.165, 1.54) is 0 Å². The molecule has 0 radical (unpaired) electrons. The third kappa shape index (κ3) is 2.93. The Hall–Kier alpha value is -1.62. The molecule has 0 bridgehead atoms. The Morgan fingerprint density at radius 1 is 1.50 bits per heavy atom. The molecule has 1 amide bonds. The predicted octanol–water partition coefficient (Wildman–Crippen LogP) is 2.00. The highest BCUT2D eigenvalue weighted by Crippen LogP contribution is 2.16. The maximum atomic E-state index is 12.1. The van der Waals surface area contributed by atoms with Crippen LogP contribution in [0.25, 0.3) is 11.2 Å². The molecule has 0 aliphatic carbocycles. The number of carbonyl (C=O) groups excluding carboxylic acids is 1. The van der Waals surface area contributed by atoms with Crippen LogP contribution in [0.4, 0.5) is 0 Å². The number of aryl methyl sites for hydroxylation is 2. The Morgan fingerprint density at radius 3 is 2.90 bits per heavy atom. The molecule has 2 aromatic rings. The minimum atomic E-state index is 0.0463. The van der Waals surface area contributed by atoms with E-state index in [0.29, 0.717) is 18.8 Å². The third-order valence-electron chi connectivity index (χ3n) is 3.31. The molecule has 0 saturated carbocycles. The van der Waals surface area contributed by atoms with Gasteiger partial charge in [-0.2, -0.15) is 0 Å². The quantitative estimate of drug-likeness (QED) is 0.793. The molecule has 6 heteroatoms.